The van der Waals surface area contributed by atoms with Crippen LogP contribution in [-0.4, -0.2) is 68.8 Å². The number of carbonyl (C=O) groups excluding carboxylic acids is 1. The number of quaternary nitrogens is 1. The highest BCUT2D eigenvalue weighted by Gasteiger charge is 2.25. The lowest BCUT2D eigenvalue weighted by Crippen LogP contribution is -2.51. The third-order valence-electron chi connectivity index (χ3n) is 4.54. The third kappa shape index (κ3) is 8.74. The molecule has 0 bridgehead atoms. The van der Waals surface area contributed by atoms with Crippen LogP contribution >= 0.6 is 0 Å². The first-order valence-corrected chi connectivity index (χ1v) is 9.23. The molecule has 1 aliphatic rings. The monoisotopic (exact) mass is 313 g/mol. The number of ether oxygens (including phenoxy) is 1. The zero-order valence-corrected chi connectivity index (χ0v) is 15.1. The van der Waals surface area contributed by atoms with E-state index in [1.165, 1.54) is 51.4 Å². The minimum atomic E-state index is 0.285. The van der Waals surface area contributed by atoms with Crippen LogP contribution in [0.1, 0.15) is 58.3 Å². The number of rotatable bonds is 11. The molecule has 0 aromatic rings. The van der Waals surface area contributed by atoms with Gasteiger partial charge in [0.2, 0.25) is 0 Å². The van der Waals surface area contributed by atoms with Crippen LogP contribution < -0.4 is 0 Å². The smallest absolute Gasteiger partial charge is 0.277 e. The summed E-state index contributed by atoms with van der Waals surface area (Å²) in [5, 5.41) is 0. The predicted octanol–water partition coefficient (Wildman–Crippen LogP) is 3.06. The summed E-state index contributed by atoms with van der Waals surface area (Å²) in [6.45, 7) is 6.89. The first-order valence-electron chi connectivity index (χ1n) is 9.23. The molecule has 0 spiro atoms. The fourth-order valence-electron chi connectivity index (χ4n) is 3.03. The van der Waals surface area contributed by atoms with E-state index in [1.54, 1.807) is 0 Å². The summed E-state index contributed by atoms with van der Waals surface area (Å²) >= 11 is 0. The Balaban J connectivity index is 2.08. The Morgan fingerprint density at radius 2 is 1.50 bits per heavy atom. The highest BCUT2D eigenvalue weighted by Crippen LogP contribution is 2.11. The SMILES string of the molecule is CCCCCCCCCC[N+](C)(C)CC(=O)N1CCOCC1. The van der Waals surface area contributed by atoms with Gasteiger partial charge in [-0.25, -0.2) is 0 Å². The summed E-state index contributed by atoms with van der Waals surface area (Å²) < 4.78 is 6.12. The molecular weight excluding hydrogens is 276 g/mol. The molecule has 1 saturated heterocycles. The van der Waals surface area contributed by atoms with Crippen molar-refractivity contribution in [2.45, 2.75) is 58.3 Å². The zero-order chi connectivity index (χ0) is 16.3. The van der Waals surface area contributed by atoms with E-state index in [-0.39, 0.29) is 5.91 Å². The Labute approximate surface area is 137 Å². The molecule has 0 unspecified atom stereocenters. The number of unbranched alkanes of at least 4 members (excludes halogenated alkanes) is 7. The zero-order valence-electron chi connectivity index (χ0n) is 15.1. The lowest BCUT2D eigenvalue weighted by Gasteiger charge is -2.33. The van der Waals surface area contributed by atoms with Gasteiger partial charge in [0.15, 0.2) is 6.54 Å². The van der Waals surface area contributed by atoms with E-state index < -0.39 is 0 Å². The van der Waals surface area contributed by atoms with Crippen LogP contribution in [0.15, 0.2) is 0 Å². The predicted molar refractivity (Wildman–Crippen MR) is 91.9 cm³/mol. The summed E-state index contributed by atoms with van der Waals surface area (Å²) in [4.78, 5) is 14.3. The number of hydrogen-bond acceptors (Lipinski definition) is 2. The minimum absolute atomic E-state index is 0.285. The quantitative estimate of drug-likeness (QED) is 0.433. The highest BCUT2D eigenvalue weighted by molar-refractivity contribution is 5.77. The van der Waals surface area contributed by atoms with E-state index in [9.17, 15) is 4.79 Å². The molecule has 0 aromatic carbocycles. The largest absolute Gasteiger partial charge is 0.378 e. The molecule has 1 aliphatic heterocycles. The van der Waals surface area contributed by atoms with Crippen molar-refractivity contribution in [2.24, 2.45) is 0 Å². The molecule has 22 heavy (non-hydrogen) atoms. The van der Waals surface area contributed by atoms with Crippen molar-refractivity contribution in [1.82, 2.24) is 4.90 Å². The molecule has 0 radical (unpaired) electrons. The number of hydrogen-bond donors (Lipinski definition) is 0. The molecule has 1 heterocycles. The summed E-state index contributed by atoms with van der Waals surface area (Å²) in [7, 11) is 4.36. The van der Waals surface area contributed by atoms with Crippen LogP contribution in [-0.2, 0) is 9.53 Å². The second-order valence-corrected chi connectivity index (χ2v) is 7.29. The van der Waals surface area contributed by atoms with Gasteiger partial charge in [0, 0.05) is 13.1 Å². The van der Waals surface area contributed by atoms with Crippen molar-refractivity contribution in [3.63, 3.8) is 0 Å². The highest BCUT2D eigenvalue weighted by atomic mass is 16.5. The molecule has 0 atom stereocenters. The first-order chi connectivity index (χ1) is 10.5. The Morgan fingerprint density at radius 1 is 0.955 bits per heavy atom. The lowest BCUT2D eigenvalue weighted by atomic mass is 10.1. The van der Waals surface area contributed by atoms with Crippen LogP contribution in [0.4, 0.5) is 0 Å². The Kier molecular flexibility index (Phi) is 9.73. The van der Waals surface area contributed by atoms with Gasteiger partial charge in [0.05, 0.1) is 33.9 Å². The first kappa shape index (κ1) is 19.4. The minimum Gasteiger partial charge on any atom is -0.378 e. The van der Waals surface area contributed by atoms with Crippen molar-refractivity contribution in [3.05, 3.63) is 0 Å². The Morgan fingerprint density at radius 3 is 2.09 bits per heavy atom. The van der Waals surface area contributed by atoms with Gasteiger partial charge < -0.3 is 14.1 Å². The molecule has 0 aliphatic carbocycles. The maximum Gasteiger partial charge on any atom is 0.277 e. The average Bonchev–Trinajstić information content (AvgIpc) is 2.50. The van der Waals surface area contributed by atoms with Crippen molar-refractivity contribution < 1.29 is 14.0 Å². The van der Waals surface area contributed by atoms with Crippen molar-refractivity contribution in [3.8, 4) is 0 Å². The Hall–Kier alpha value is -0.610. The van der Waals surface area contributed by atoms with Crippen LogP contribution in [0.25, 0.3) is 0 Å². The fourth-order valence-corrected chi connectivity index (χ4v) is 3.03. The van der Waals surface area contributed by atoms with Gasteiger partial charge in [0.1, 0.15) is 0 Å². The van der Waals surface area contributed by atoms with E-state index in [4.69, 9.17) is 4.74 Å². The van der Waals surface area contributed by atoms with Gasteiger partial charge in [-0.05, 0) is 12.8 Å². The van der Waals surface area contributed by atoms with Gasteiger partial charge in [0.25, 0.3) is 5.91 Å². The third-order valence-corrected chi connectivity index (χ3v) is 4.54. The normalized spacial score (nSPS) is 16.0. The maximum atomic E-state index is 12.3. The van der Waals surface area contributed by atoms with E-state index in [0.717, 1.165) is 24.1 Å². The Bertz CT molecular complexity index is 299. The topological polar surface area (TPSA) is 29.5 Å². The van der Waals surface area contributed by atoms with Crippen molar-refractivity contribution in [2.75, 3.05) is 53.5 Å². The standard InChI is InChI=1S/C18H37N2O2/c1-4-5-6-7-8-9-10-11-14-20(2,3)17-18(21)19-12-15-22-16-13-19/h4-17H2,1-3H3/q+1. The number of likely N-dealkylation sites (N-methyl/N-ethyl adjacent to an activating group) is 1. The van der Waals surface area contributed by atoms with Crippen LogP contribution in [0, 0.1) is 0 Å². The van der Waals surface area contributed by atoms with Gasteiger partial charge in [-0.2, -0.15) is 0 Å². The van der Waals surface area contributed by atoms with Crippen molar-refractivity contribution >= 4 is 5.91 Å². The molecule has 0 N–H and O–H groups in total. The molecule has 4 heteroatoms. The summed E-state index contributed by atoms with van der Waals surface area (Å²) in [6, 6.07) is 0. The summed E-state index contributed by atoms with van der Waals surface area (Å²) in [5.41, 5.74) is 0. The van der Waals surface area contributed by atoms with Crippen LogP contribution in [0.5, 0.6) is 0 Å². The van der Waals surface area contributed by atoms with Gasteiger partial charge in [-0.1, -0.05) is 45.4 Å². The van der Waals surface area contributed by atoms with E-state index in [2.05, 4.69) is 21.0 Å². The molecule has 4 nitrogen and oxygen atoms in total. The molecule has 1 amide bonds. The van der Waals surface area contributed by atoms with E-state index in [0.29, 0.717) is 19.8 Å². The van der Waals surface area contributed by atoms with E-state index in [1.807, 2.05) is 4.90 Å². The van der Waals surface area contributed by atoms with Gasteiger partial charge in [-0.3, -0.25) is 4.79 Å². The van der Waals surface area contributed by atoms with Gasteiger partial charge >= 0.3 is 0 Å². The molecule has 1 rings (SSSR count). The van der Waals surface area contributed by atoms with E-state index >= 15 is 0 Å². The lowest BCUT2D eigenvalue weighted by molar-refractivity contribution is -0.883. The number of carbonyl (C=O) groups is 1. The molecule has 0 aromatic heterocycles. The van der Waals surface area contributed by atoms with Crippen LogP contribution in [0.3, 0.4) is 0 Å². The van der Waals surface area contributed by atoms with Crippen LogP contribution in [0.2, 0.25) is 0 Å². The fraction of sp³-hybridized carbons (Fsp3) is 0.944. The second-order valence-electron chi connectivity index (χ2n) is 7.29. The molecule has 130 valence electrons. The summed E-state index contributed by atoms with van der Waals surface area (Å²) in [6.07, 6.45) is 10.8. The van der Waals surface area contributed by atoms with Gasteiger partial charge in [-0.15, -0.1) is 0 Å². The molecule has 1 fully saturated rings. The molecular formula is C18H37N2O2+. The maximum absolute atomic E-state index is 12.3. The number of amides is 1. The average molecular weight is 314 g/mol. The van der Waals surface area contributed by atoms with Crippen molar-refractivity contribution in [1.29, 1.82) is 0 Å². The second kappa shape index (κ2) is 11.0. The molecule has 0 saturated carbocycles. The number of nitrogens with zero attached hydrogens (tertiary/aromatic N) is 2. The number of morpholine rings is 1. The summed E-state index contributed by atoms with van der Waals surface area (Å²) in [5.74, 6) is 0.285.